The topological polar surface area (TPSA) is 61.9 Å². The normalized spacial score (nSPS) is 12.6. The lowest BCUT2D eigenvalue weighted by molar-refractivity contribution is 0.0500. The summed E-state index contributed by atoms with van der Waals surface area (Å²) >= 11 is 0. The van der Waals surface area contributed by atoms with E-state index in [4.69, 9.17) is 4.74 Å². The molecule has 0 bridgehead atoms. The van der Waals surface area contributed by atoms with Gasteiger partial charge in [-0.2, -0.15) is 0 Å². The molecule has 0 fully saturated rings. The number of rotatable bonds is 5. The molecule has 0 heterocycles. The summed E-state index contributed by atoms with van der Waals surface area (Å²) in [7, 11) is 1.73. The van der Waals surface area contributed by atoms with E-state index in [2.05, 4.69) is 5.32 Å². The van der Waals surface area contributed by atoms with Crippen LogP contribution in [0.4, 0.5) is 9.59 Å². The molecule has 1 atom stereocenters. The van der Waals surface area contributed by atoms with Crippen molar-refractivity contribution >= 4 is 12.1 Å². The summed E-state index contributed by atoms with van der Waals surface area (Å²) in [6, 6.07) is -0.206. The molecule has 0 rings (SSSR count). The standard InChI is InChI=1S/C14H29N3O3/c1-8-17(9-2)13(19)16(7)10-11(3)15-12(18)20-14(4,5)6/h11H,8-10H2,1-7H3,(H,15,18)/t11-/m0/s1. The van der Waals surface area contributed by atoms with Crippen molar-refractivity contribution in [2.24, 2.45) is 0 Å². The maximum absolute atomic E-state index is 12.1. The van der Waals surface area contributed by atoms with Gasteiger partial charge in [0.25, 0.3) is 0 Å². The molecule has 6 nitrogen and oxygen atoms in total. The van der Waals surface area contributed by atoms with Gasteiger partial charge in [-0.3, -0.25) is 0 Å². The van der Waals surface area contributed by atoms with Gasteiger partial charge in [0.2, 0.25) is 0 Å². The van der Waals surface area contributed by atoms with Crippen molar-refractivity contribution in [3.63, 3.8) is 0 Å². The summed E-state index contributed by atoms with van der Waals surface area (Å²) in [5.74, 6) is 0. The highest BCUT2D eigenvalue weighted by molar-refractivity contribution is 5.74. The van der Waals surface area contributed by atoms with Gasteiger partial charge in [0.15, 0.2) is 0 Å². The van der Waals surface area contributed by atoms with Gasteiger partial charge in [-0.05, 0) is 41.5 Å². The summed E-state index contributed by atoms with van der Waals surface area (Å²) in [6.07, 6.45) is -0.464. The maximum Gasteiger partial charge on any atom is 0.407 e. The van der Waals surface area contributed by atoms with Gasteiger partial charge in [0, 0.05) is 32.7 Å². The van der Waals surface area contributed by atoms with Crippen molar-refractivity contribution in [3.8, 4) is 0 Å². The number of alkyl carbamates (subject to hydrolysis) is 1. The Hall–Kier alpha value is -1.46. The van der Waals surface area contributed by atoms with Gasteiger partial charge in [0.05, 0.1) is 0 Å². The van der Waals surface area contributed by atoms with Gasteiger partial charge in [-0.1, -0.05) is 0 Å². The van der Waals surface area contributed by atoms with Crippen molar-refractivity contribution in [1.82, 2.24) is 15.1 Å². The lowest BCUT2D eigenvalue weighted by atomic mass is 10.2. The zero-order valence-electron chi connectivity index (χ0n) is 13.8. The highest BCUT2D eigenvalue weighted by atomic mass is 16.6. The summed E-state index contributed by atoms with van der Waals surface area (Å²) in [5, 5.41) is 2.72. The Labute approximate surface area is 122 Å². The van der Waals surface area contributed by atoms with Crippen LogP contribution in [0.3, 0.4) is 0 Å². The zero-order valence-corrected chi connectivity index (χ0v) is 13.8. The molecular weight excluding hydrogens is 258 g/mol. The van der Waals surface area contributed by atoms with Crippen LogP contribution in [-0.2, 0) is 4.74 Å². The number of carbonyl (C=O) groups is 2. The van der Waals surface area contributed by atoms with E-state index in [0.29, 0.717) is 19.6 Å². The average molecular weight is 287 g/mol. The Morgan fingerprint density at radius 2 is 1.70 bits per heavy atom. The molecular formula is C14H29N3O3. The predicted molar refractivity (Wildman–Crippen MR) is 79.8 cm³/mol. The van der Waals surface area contributed by atoms with E-state index in [9.17, 15) is 9.59 Å². The molecule has 0 radical (unpaired) electrons. The van der Waals surface area contributed by atoms with Crippen molar-refractivity contribution in [1.29, 1.82) is 0 Å². The number of likely N-dealkylation sites (N-methyl/N-ethyl adjacent to an activating group) is 1. The third-order valence-corrected chi connectivity index (χ3v) is 2.67. The Morgan fingerprint density at radius 3 is 2.10 bits per heavy atom. The van der Waals surface area contributed by atoms with Crippen LogP contribution < -0.4 is 5.32 Å². The molecule has 0 aromatic carbocycles. The molecule has 20 heavy (non-hydrogen) atoms. The van der Waals surface area contributed by atoms with Crippen LogP contribution >= 0.6 is 0 Å². The van der Waals surface area contributed by atoms with E-state index in [0.717, 1.165) is 0 Å². The Balaban J connectivity index is 4.29. The number of hydrogen-bond donors (Lipinski definition) is 1. The molecule has 0 aromatic rings. The molecule has 6 heteroatoms. The fourth-order valence-electron chi connectivity index (χ4n) is 1.78. The van der Waals surface area contributed by atoms with E-state index >= 15 is 0 Å². The van der Waals surface area contributed by atoms with Gasteiger partial charge in [-0.15, -0.1) is 0 Å². The van der Waals surface area contributed by atoms with Crippen LogP contribution in [-0.4, -0.2) is 60.2 Å². The number of hydrogen-bond acceptors (Lipinski definition) is 3. The van der Waals surface area contributed by atoms with Gasteiger partial charge in [-0.25, -0.2) is 9.59 Å². The molecule has 0 aromatic heterocycles. The lowest BCUT2D eigenvalue weighted by Gasteiger charge is -2.29. The lowest BCUT2D eigenvalue weighted by Crippen LogP contribution is -2.48. The first-order valence-electron chi connectivity index (χ1n) is 7.10. The minimum Gasteiger partial charge on any atom is -0.444 e. The fraction of sp³-hybridized carbons (Fsp3) is 0.857. The van der Waals surface area contributed by atoms with Crippen molar-refractivity contribution < 1.29 is 14.3 Å². The highest BCUT2D eigenvalue weighted by Gasteiger charge is 2.20. The quantitative estimate of drug-likeness (QED) is 0.844. The van der Waals surface area contributed by atoms with E-state index in [-0.39, 0.29) is 12.1 Å². The fourth-order valence-corrected chi connectivity index (χ4v) is 1.78. The molecule has 0 spiro atoms. The first-order chi connectivity index (χ1) is 9.10. The highest BCUT2D eigenvalue weighted by Crippen LogP contribution is 2.07. The van der Waals surface area contributed by atoms with Gasteiger partial charge in [0.1, 0.15) is 5.60 Å². The van der Waals surface area contributed by atoms with Gasteiger partial charge < -0.3 is 19.9 Å². The van der Waals surface area contributed by atoms with Crippen LogP contribution in [0, 0.1) is 0 Å². The van der Waals surface area contributed by atoms with E-state index < -0.39 is 11.7 Å². The molecule has 118 valence electrons. The van der Waals surface area contributed by atoms with E-state index in [1.165, 1.54) is 0 Å². The Morgan fingerprint density at radius 1 is 1.20 bits per heavy atom. The molecule has 0 saturated carbocycles. The molecule has 0 aliphatic rings. The second-order valence-electron chi connectivity index (χ2n) is 5.88. The molecule has 3 amide bonds. The minimum absolute atomic E-state index is 0.0344. The summed E-state index contributed by atoms with van der Waals surface area (Å²) in [4.78, 5) is 27.0. The summed E-state index contributed by atoms with van der Waals surface area (Å²) in [6.45, 7) is 13.0. The number of urea groups is 1. The Kier molecular flexibility index (Phi) is 7.39. The molecule has 1 N–H and O–H groups in total. The van der Waals surface area contributed by atoms with E-state index in [1.807, 2.05) is 41.5 Å². The first kappa shape index (κ1) is 18.5. The number of nitrogens with one attached hydrogen (secondary N) is 1. The first-order valence-corrected chi connectivity index (χ1v) is 7.10. The zero-order chi connectivity index (χ0) is 15.9. The molecule has 0 aliphatic heterocycles. The van der Waals surface area contributed by atoms with Crippen LogP contribution in [0.25, 0.3) is 0 Å². The SMILES string of the molecule is CCN(CC)C(=O)N(C)C[C@H](C)NC(=O)OC(C)(C)C. The van der Waals surface area contributed by atoms with Crippen molar-refractivity contribution in [2.45, 2.75) is 53.2 Å². The number of ether oxygens (including phenoxy) is 1. The summed E-state index contributed by atoms with van der Waals surface area (Å²) < 4.78 is 5.18. The third kappa shape index (κ3) is 7.21. The second-order valence-corrected chi connectivity index (χ2v) is 5.88. The Bertz CT molecular complexity index is 322. The summed E-state index contributed by atoms with van der Waals surface area (Å²) in [5.41, 5.74) is -0.521. The van der Waals surface area contributed by atoms with Crippen LogP contribution in [0.15, 0.2) is 0 Å². The number of carbonyl (C=O) groups excluding carboxylic acids is 2. The van der Waals surface area contributed by atoms with Crippen molar-refractivity contribution in [2.75, 3.05) is 26.7 Å². The van der Waals surface area contributed by atoms with Crippen LogP contribution in [0.2, 0.25) is 0 Å². The van der Waals surface area contributed by atoms with Crippen molar-refractivity contribution in [3.05, 3.63) is 0 Å². The number of amides is 3. The second kappa shape index (κ2) is 7.97. The number of nitrogens with zero attached hydrogens (tertiary/aromatic N) is 2. The monoisotopic (exact) mass is 287 g/mol. The van der Waals surface area contributed by atoms with Crippen LogP contribution in [0.1, 0.15) is 41.5 Å². The molecule has 0 aliphatic carbocycles. The van der Waals surface area contributed by atoms with Crippen LogP contribution in [0.5, 0.6) is 0 Å². The molecule has 0 unspecified atom stereocenters. The average Bonchev–Trinajstić information content (AvgIpc) is 2.27. The minimum atomic E-state index is -0.521. The third-order valence-electron chi connectivity index (χ3n) is 2.67. The van der Waals surface area contributed by atoms with Gasteiger partial charge >= 0.3 is 12.1 Å². The maximum atomic E-state index is 12.1. The van der Waals surface area contributed by atoms with E-state index in [1.54, 1.807) is 16.8 Å². The molecule has 0 saturated heterocycles. The predicted octanol–water partition coefficient (Wildman–Crippen LogP) is 2.29. The largest absolute Gasteiger partial charge is 0.444 e. The smallest absolute Gasteiger partial charge is 0.407 e.